The summed E-state index contributed by atoms with van der Waals surface area (Å²) < 4.78 is 49.4. The van der Waals surface area contributed by atoms with E-state index in [4.69, 9.17) is 17.0 Å². The first-order chi connectivity index (χ1) is 29.4. The fourth-order valence-electron chi connectivity index (χ4n) is 10.3. The number of carbonyl (C=O) groups excluding carboxylic acids is 4. The molecule has 4 fully saturated rings. The van der Waals surface area contributed by atoms with Gasteiger partial charge in [0.15, 0.2) is 10.8 Å². The standard InChI is InChI=1S/C44H54F3N9O5S/c1-25-18-31(19-26(2)54(25)30(24-57)23-49-35-10-6-9-32-38(52-53(5)39(32)35)33-15-16-37(58)51-40(33)59)61-17-7-8-27-11-13-28(14-12-27)56-42(62)55(41(60)43(56,3)4)29-20-34(44(45,46)47)36(21-48)50-22-29/h6,9-10,20,22,24-28,30-31,33,49H,7-8,11-19,23H2,1-5H3,(H,51,58,59)/t25-,26+,27?,28?,30?,31?,33?. The SMILES string of the molecule is C[C@@H]1CC(OCCCC2CCC(N3C(=S)N(c4cnc(C#N)c(C(F)(F)F)c4)C(=O)C3(C)C)CC2)C[C@H](C)N1C(C=O)CNc1cccc2c(C3CCC(=O)NC3=O)nn(C)c12. The van der Waals surface area contributed by atoms with Crippen LogP contribution in [0.3, 0.4) is 0 Å². The third-order valence-electron chi connectivity index (χ3n) is 13.3. The van der Waals surface area contributed by atoms with Crippen LogP contribution in [0.5, 0.6) is 0 Å². The summed E-state index contributed by atoms with van der Waals surface area (Å²) in [4.78, 5) is 59.6. The predicted octanol–water partition coefficient (Wildman–Crippen LogP) is 6.37. The fourth-order valence-corrected chi connectivity index (χ4v) is 10.9. The molecule has 3 amide bonds. The van der Waals surface area contributed by atoms with Gasteiger partial charge in [0.1, 0.15) is 17.9 Å². The summed E-state index contributed by atoms with van der Waals surface area (Å²) in [5.41, 5.74) is -0.872. The van der Waals surface area contributed by atoms with Crippen LogP contribution in [0.2, 0.25) is 0 Å². The number of para-hydroxylation sites is 1. The minimum atomic E-state index is -4.82. The summed E-state index contributed by atoms with van der Waals surface area (Å²) in [6.07, 6.45) is 4.92. The Hall–Kier alpha value is -4.99. The highest BCUT2D eigenvalue weighted by Gasteiger charge is 2.53. The molecule has 3 unspecified atom stereocenters. The predicted molar refractivity (Wildman–Crippen MR) is 229 cm³/mol. The summed E-state index contributed by atoms with van der Waals surface area (Å²) in [5, 5.41) is 20.8. The van der Waals surface area contributed by atoms with Gasteiger partial charge in [-0.15, -0.1) is 0 Å². The van der Waals surface area contributed by atoms with E-state index in [0.29, 0.717) is 31.2 Å². The van der Waals surface area contributed by atoms with Crippen LogP contribution in [0.1, 0.15) is 115 Å². The van der Waals surface area contributed by atoms with E-state index in [0.717, 1.165) is 91.4 Å². The summed E-state index contributed by atoms with van der Waals surface area (Å²) in [6, 6.07) is 7.80. The van der Waals surface area contributed by atoms with Crippen molar-refractivity contribution in [1.82, 2.24) is 29.9 Å². The Labute approximate surface area is 364 Å². The highest BCUT2D eigenvalue weighted by molar-refractivity contribution is 7.80. The summed E-state index contributed by atoms with van der Waals surface area (Å²) in [6.45, 7) is 8.76. The minimum Gasteiger partial charge on any atom is -0.381 e. The molecule has 4 aliphatic rings. The van der Waals surface area contributed by atoms with E-state index in [1.54, 1.807) is 18.5 Å². The van der Waals surface area contributed by atoms with Gasteiger partial charge in [0.25, 0.3) is 5.91 Å². The molecule has 62 heavy (non-hydrogen) atoms. The van der Waals surface area contributed by atoms with Crippen molar-refractivity contribution in [3.63, 3.8) is 0 Å². The zero-order chi connectivity index (χ0) is 44.7. The number of benzene rings is 1. The number of hydrogen-bond donors (Lipinski definition) is 2. The third-order valence-corrected chi connectivity index (χ3v) is 13.7. The van der Waals surface area contributed by atoms with Crippen LogP contribution in [-0.2, 0) is 37.1 Å². The number of amides is 3. The van der Waals surface area contributed by atoms with Gasteiger partial charge >= 0.3 is 6.18 Å². The molecule has 0 radical (unpaired) electrons. The molecular weight excluding hydrogens is 824 g/mol. The van der Waals surface area contributed by atoms with Gasteiger partial charge in [0.05, 0.1) is 52.4 Å². The van der Waals surface area contributed by atoms with Crippen molar-refractivity contribution in [2.45, 2.75) is 140 Å². The van der Waals surface area contributed by atoms with E-state index < -0.39 is 34.8 Å². The third kappa shape index (κ3) is 8.80. The highest BCUT2D eigenvalue weighted by Crippen LogP contribution is 2.42. The van der Waals surface area contributed by atoms with E-state index in [1.807, 2.05) is 30.1 Å². The van der Waals surface area contributed by atoms with Crippen molar-refractivity contribution >= 4 is 63.6 Å². The van der Waals surface area contributed by atoms with Gasteiger partial charge in [-0.3, -0.25) is 34.2 Å². The largest absolute Gasteiger partial charge is 0.419 e. The van der Waals surface area contributed by atoms with Crippen LogP contribution in [0.25, 0.3) is 10.9 Å². The molecule has 0 bridgehead atoms. The first kappa shape index (κ1) is 45.0. The maximum absolute atomic E-state index is 13.7. The number of nitrogens with one attached hydrogen (secondary N) is 2. The number of ether oxygens (including phenoxy) is 1. The van der Waals surface area contributed by atoms with Crippen molar-refractivity contribution in [3.8, 4) is 6.07 Å². The molecule has 14 nitrogen and oxygen atoms in total. The quantitative estimate of drug-likeness (QED) is 0.0846. The lowest BCUT2D eigenvalue weighted by Crippen LogP contribution is -2.56. The molecule has 2 aromatic heterocycles. The Morgan fingerprint density at radius 2 is 1.82 bits per heavy atom. The molecule has 7 rings (SSSR count). The Bertz CT molecular complexity index is 2260. The van der Waals surface area contributed by atoms with Crippen molar-refractivity contribution in [2.24, 2.45) is 13.0 Å². The summed E-state index contributed by atoms with van der Waals surface area (Å²) in [5.74, 6) is -1.08. The zero-order valence-corrected chi connectivity index (χ0v) is 36.5. The molecule has 5 heterocycles. The van der Waals surface area contributed by atoms with E-state index >= 15 is 0 Å². The summed E-state index contributed by atoms with van der Waals surface area (Å²) in [7, 11) is 1.83. The number of pyridine rings is 1. The average Bonchev–Trinajstić information content (AvgIpc) is 3.65. The molecule has 3 saturated heterocycles. The molecular formula is C44H54F3N9O5S. The number of rotatable bonds is 13. The number of aromatic nitrogens is 3. The lowest BCUT2D eigenvalue weighted by molar-refractivity contribution is -0.138. The first-order valence-corrected chi connectivity index (χ1v) is 21.9. The van der Waals surface area contributed by atoms with Gasteiger partial charge in [0, 0.05) is 50.1 Å². The van der Waals surface area contributed by atoms with Gasteiger partial charge in [-0.05, 0) is 116 Å². The van der Waals surface area contributed by atoms with Gasteiger partial charge in [0.2, 0.25) is 11.8 Å². The van der Waals surface area contributed by atoms with E-state index in [2.05, 4.69) is 39.5 Å². The average molecular weight is 878 g/mol. The Kier molecular flexibility index (Phi) is 13.1. The molecule has 1 aliphatic carbocycles. The number of nitriles is 1. The van der Waals surface area contributed by atoms with Crippen molar-refractivity contribution in [2.75, 3.05) is 23.4 Å². The lowest BCUT2D eigenvalue weighted by Gasteiger charge is -2.45. The molecule has 5 atom stereocenters. The van der Waals surface area contributed by atoms with E-state index in [9.17, 15) is 37.6 Å². The van der Waals surface area contributed by atoms with Gasteiger partial charge in [-0.25, -0.2) is 4.98 Å². The molecule has 2 N–H and O–H groups in total. The number of piperidine rings is 2. The molecule has 18 heteroatoms. The highest BCUT2D eigenvalue weighted by atomic mass is 32.1. The molecule has 332 valence electrons. The second-order valence-electron chi connectivity index (χ2n) is 17.8. The van der Waals surface area contributed by atoms with E-state index in [-0.39, 0.29) is 59.3 Å². The number of thiocarbonyl (C=S) groups is 1. The molecule has 3 aliphatic heterocycles. The number of fused-ring (bicyclic) bond motifs is 1. The number of aryl methyl sites for hydroxylation is 1. The lowest BCUT2D eigenvalue weighted by atomic mass is 9.82. The van der Waals surface area contributed by atoms with Gasteiger partial charge in [-0.1, -0.05) is 12.1 Å². The second kappa shape index (κ2) is 18.0. The number of aldehydes is 1. The minimum absolute atomic E-state index is 0.0485. The number of imide groups is 1. The van der Waals surface area contributed by atoms with Crippen molar-refractivity contribution in [3.05, 3.63) is 47.4 Å². The number of likely N-dealkylation sites (tertiary alicyclic amines) is 1. The summed E-state index contributed by atoms with van der Waals surface area (Å²) >= 11 is 5.75. The van der Waals surface area contributed by atoms with E-state index in [1.165, 1.54) is 6.07 Å². The Morgan fingerprint density at radius 1 is 1.11 bits per heavy atom. The number of alkyl halides is 3. The molecule has 3 aromatic rings. The smallest absolute Gasteiger partial charge is 0.381 e. The Balaban J connectivity index is 0.874. The van der Waals surface area contributed by atoms with Crippen molar-refractivity contribution < 1.29 is 37.1 Å². The normalized spacial score (nSPS) is 26.4. The van der Waals surface area contributed by atoms with Crippen LogP contribution in [0.4, 0.5) is 24.5 Å². The number of halogens is 3. The molecule has 0 spiro atoms. The fraction of sp³-hybridized carbons (Fsp3) is 0.591. The van der Waals surface area contributed by atoms with Crippen LogP contribution in [-0.4, -0.2) is 103 Å². The van der Waals surface area contributed by atoms with Crippen LogP contribution < -0.4 is 15.5 Å². The first-order valence-electron chi connectivity index (χ1n) is 21.5. The van der Waals surface area contributed by atoms with Crippen LogP contribution in [0, 0.1) is 17.2 Å². The maximum Gasteiger partial charge on any atom is 0.419 e. The van der Waals surface area contributed by atoms with Gasteiger partial charge < -0.3 is 19.7 Å². The number of anilines is 2. The van der Waals surface area contributed by atoms with Crippen LogP contribution >= 0.6 is 12.2 Å². The number of hydrogen-bond acceptors (Lipinski definition) is 11. The monoisotopic (exact) mass is 877 g/mol. The van der Waals surface area contributed by atoms with Gasteiger partial charge in [-0.2, -0.15) is 23.5 Å². The topological polar surface area (TPSA) is 166 Å². The Morgan fingerprint density at radius 3 is 2.47 bits per heavy atom. The maximum atomic E-state index is 13.7. The number of carbonyl (C=O) groups is 4. The molecule has 1 saturated carbocycles. The number of nitrogens with zero attached hydrogens (tertiary/aromatic N) is 7. The second-order valence-corrected chi connectivity index (χ2v) is 18.1. The zero-order valence-electron chi connectivity index (χ0n) is 35.7. The molecule has 1 aromatic carbocycles. The van der Waals surface area contributed by atoms with Crippen LogP contribution in [0.15, 0.2) is 30.5 Å². The van der Waals surface area contributed by atoms with Crippen molar-refractivity contribution in [1.29, 1.82) is 5.26 Å².